The topological polar surface area (TPSA) is 86.7 Å². The van der Waals surface area contributed by atoms with Crippen LogP contribution < -0.4 is 5.32 Å². The van der Waals surface area contributed by atoms with Gasteiger partial charge in [0, 0.05) is 32.2 Å². The molecule has 6 nitrogen and oxygen atoms in total. The molecule has 6 heteroatoms. The molecule has 27 heavy (non-hydrogen) atoms. The first-order valence-corrected chi connectivity index (χ1v) is 8.70. The smallest absolute Gasteiger partial charge is 0.249 e. The predicted molar refractivity (Wildman–Crippen MR) is 103 cm³/mol. The van der Waals surface area contributed by atoms with Crippen LogP contribution in [0.3, 0.4) is 0 Å². The molecule has 2 rings (SSSR count). The average molecular weight is 381 g/mol. The van der Waals surface area contributed by atoms with Crippen molar-refractivity contribution < 1.29 is 27.7 Å². The maximum atomic E-state index is 13.1. The van der Waals surface area contributed by atoms with Gasteiger partial charge in [0.05, 0.1) is 1.37 Å². The van der Waals surface area contributed by atoms with E-state index in [1.54, 1.807) is 31.2 Å². The quantitative estimate of drug-likeness (QED) is 0.789. The van der Waals surface area contributed by atoms with E-state index < -0.39 is 60.8 Å². The van der Waals surface area contributed by atoms with Gasteiger partial charge in [0.15, 0.2) is 5.78 Å². The highest BCUT2D eigenvalue weighted by molar-refractivity contribution is 5.93. The zero-order chi connectivity index (χ0) is 25.6. The normalized spacial score (nSPS) is 31.8. The van der Waals surface area contributed by atoms with Crippen LogP contribution in [0.5, 0.6) is 0 Å². The molecular weight excluding hydrogens is 344 g/mol. The van der Waals surface area contributed by atoms with Gasteiger partial charge in [-0.1, -0.05) is 45.0 Å². The molecule has 0 fully saturated rings. The van der Waals surface area contributed by atoms with E-state index in [0.717, 1.165) is 13.8 Å². The highest BCUT2D eigenvalue weighted by Crippen LogP contribution is 2.27. The van der Waals surface area contributed by atoms with Gasteiger partial charge in [-0.15, -0.1) is 0 Å². The van der Waals surface area contributed by atoms with E-state index in [1.165, 1.54) is 11.9 Å². The summed E-state index contributed by atoms with van der Waals surface area (Å²) >= 11 is 0. The van der Waals surface area contributed by atoms with Crippen molar-refractivity contribution in [3.8, 4) is 0 Å². The summed E-state index contributed by atoms with van der Waals surface area (Å²) in [6.45, 7) is 0.601. The molecule has 0 aromatic heterocycles. The van der Waals surface area contributed by atoms with Crippen molar-refractivity contribution in [2.75, 3.05) is 7.05 Å². The number of hydrogen-bond donors (Lipinski definition) is 2. The number of benzene rings is 1. The largest absolute Gasteiger partial charge is 0.385 e. The number of likely N-dealkylation sites (N-methyl/N-ethyl adjacent to an activating group) is 1. The summed E-state index contributed by atoms with van der Waals surface area (Å²) in [4.78, 5) is 39.7. The number of rotatable bonds is 6. The number of hydrogen-bond acceptors (Lipinski definition) is 4. The first kappa shape index (κ1) is 13.9. The number of fused-ring (bicyclic) bond motifs is 1. The van der Waals surface area contributed by atoms with Crippen LogP contribution in [0.4, 0.5) is 0 Å². The third kappa shape index (κ3) is 4.75. The average Bonchev–Trinajstić information content (AvgIpc) is 2.75. The van der Waals surface area contributed by atoms with Crippen LogP contribution in [-0.4, -0.2) is 46.8 Å². The maximum Gasteiger partial charge on any atom is 0.249 e. The molecule has 0 spiro atoms. The van der Waals surface area contributed by atoms with Gasteiger partial charge < -0.3 is 15.3 Å². The summed E-state index contributed by atoms with van der Waals surface area (Å²) in [7, 11) is 1.45. The fourth-order valence-electron chi connectivity index (χ4n) is 2.96. The van der Waals surface area contributed by atoms with Crippen LogP contribution in [0.25, 0.3) is 0 Å². The zero-order valence-electron chi connectivity index (χ0n) is 22.0. The summed E-state index contributed by atoms with van der Waals surface area (Å²) in [6.07, 6.45) is -2.88. The Labute approximate surface area is 169 Å². The van der Waals surface area contributed by atoms with Gasteiger partial charge >= 0.3 is 0 Å². The standard InChI is InChI=1S/C21H30N2O4/c1-12(2)19(25)17(24)10-13(3)20(26)22-18-16-9-7-6-8-15(16)11-14(4)23(5)21(18)27/h6-9,12-14,18-19,25H,10-11H2,1-5H3,(H,22,26)/t13-,14?,18+,19+/m1/s1/i1D3,12D,13D,14D/t12?,13-,14?,18+,19+. The Kier molecular flexibility index (Phi) is 4.45. The second-order valence-electron chi connectivity index (χ2n) is 6.92. The van der Waals surface area contributed by atoms with Crippen molar-refractivity contribution >= 4 is 17.6 Å². The zero-order valence-corrected chi connectivity index (χ0v) is 16.0. The van der Waals surface area contributed by atoms with Crippen LogP contribution >= 0.6 is 0 Å². The van der Waals surface area contributed by atoms with Crippen molar-refractivity contribution in [3.05, 3.63) is 35.4 Å². The van der Waals surface area contributed by atoms with Crippen LogP contribution in [0.1, 0.15) is 59.4 Å². The van der Waals surface area contributed by atoms with Gasteiger partial charge in [0.2, 0.25) is 11.8 Å². The fraction of sp³-hybridized carbons (Fsp3) is 0.571. The number of amides is 2. The molecule has 1 aliphatic rings. The van der Waals surface area contributed by atoms with Crippen molar-refractivity contribution in [2.24, 2.45) is 11.8 Å². The minimum Gasteiger partial charge on any atom is -0.385 e. The first-order valence-electron chi connectivity index (χ1n) is 11.7. The van der Waals surface area contributed by atoms with Crippen molar-refractivity contribution in [3.63, 3.8) is 0 Å². The third-order valence-corrected chi connectivity index (χ3v) is 4.78. The predicted octanol–water partition coefficient (Wildman–Crippen LogP) is 1.86. The molecule has 1 aromatic carbocycles. The number of ketones is 1. The summed E-state index contributed by atoms with van der Waals surface area (Å²) in [5.41, 5.74) is 1.15. The van der Waals surface area contributed by atoms with Crippen molar-refractivity contribution in [1.29, 1.82) is 0 Å². The molecular formula is C21H30N2O4. The Hall–Kier alpha value is -2.21. The Bertz CT molecular complexity index is 945. The molecule has 2 amide bonds. The molecule has 1 aromatic rings. The maximum absolute atomic E-state index is 13.1. The lowest BCUT2D eigenvalue weighted by molar-refractivity contribution is -0.138. The lowest BCUT2D eigenvalue weighted by Crippen LogP contribution is -2.44. The summed E-state index contributed by atoms with van der Waals surface area (Å²) in [6, 6.07) is 4.36. The van der Waals surface area contributed by atoms with Crippen molar-refractivity contribution in [2.45, 2.75) is 58.6 Å². The molecule has 148 valence electrons. The number of aliphatic hydroxyl groups is 1. The first-order chi connectivity index (χ1) is 14.8. The van der Waals surface area contributed by atoms with E-state index in [9.17, 15) is 19.5 Å². The number of nitrogens with one attached hydrogen (secondary N) is 1. The number of aliphatic hydroxyl groups excluding tert-OH is 1. The fourth-order valence-corrected chi connectivity index (χ4v) is 2.96. The van der Waals surface area contributed by atoms with Gasteiger partial charge in [-0.2, -0.15) is 0 Å². The number of nitrogens with zero attached hydrogens (tertiary/aromatic N) is 1. The Morgan fingerprint density at radius 2 is 2.11 bits per heavy atom. The summed E-state index contributed by atoms with van der Waals surface area (Å²) in [5.74, 6) is -7.37. The second-order valence-corrected chi connectivity index (χ2v) is 6.92. The molecule has 0 aliphatic carbocycles. The Morgan fingerprint density at radius 3 is 2.78 bits per heavy atom. The highest BCUT2D eigenvalue weighted by Gasteiger charge is 2.34. The summed E-state index contributed by atoms with van der Waals surface area (Å²) < 4.78 is 46.8. The second kappa shape index (κ2) is 8.65. The van der Waals surface area contributed by atoms with E-state index in [0.29, 0.717) is 11.1 Å². The van der Waals surface area contributed by atoms with Gasteiger partial charge in [0.1, 0.15) is 12.1 Å². The van der Waals surface area contributed by atoms with E-state index in [-0.39, 0.29) is 6.42 Å². The van der Waals surface area contributed by atoms with E-state index in [1.807, 2.05) is 0 Å². The molecule has 5 atom stereocenters. The number of Topliss-reactive ketones (excluding diaryl/α,β-unsaturated/α-hetero) is 1. The van der Waals surface area contributed by atoms with Gasteiger partial charge in [0.25, 0.3) is 0 Å². The summed E-state index contributed by atoms with van der Waals surface area (Å²) in [5, 5.41) is 12.6. The molecule has 2 unspecified atom stereocenters. The van der Waals surface area contributed by atoms with Gasteiger partial charge in [-0.05, 0) is 30.4 Å². The van der Waals surface area contributed by atoms with Crippen LogP contribution in [0, 0.1) is 11.8 Å². The number of carbonyl (C=O) groups excluding carboxylic acids is 3. The minimum atomic E-state index is -2.97. The van der Waals surface area contributed by atoms with Crippen molar-refractivity contribution in [1.82, 2.24) is 10.2 Å². The van der Waals surface area contributed by atoms with E-state index in [2.05, 4.69) is 5.32 Å². The molecule has 1 heterocycles. The van der Waals surface area contributed by atoms with Crippen LogP contribution in [0.15, 0.2) is 24.3 Å². The Morgan fingerprint density at radius 1 is 1.44 bits per heavy atom. The van der Waals surface area contributed by atoms with Gasteiger partial charge in [-0.25, -0.2) is 0 Å². The molecule has 0 saturated heterocycles. The van der Waals surface area contributed by atoms with E-state index >= 15 is 0 Å². The number of carbonyl (C=O) groups is 3. The van der Waals surface area contributed by atoms with Gasteiger partial charge in [-0.3, -0.25) is 14.4 Å². The lowest BCUT2D eigenvalue weighted by atomic mass is 9.94. The highest BCUT2D eigenvalue weighted by atomic mass is 16.3. The lowest BCUT2D eigenvalue weighted by Gasteiger charge is -2.26. The van der Waals surface area contributed by atoms with Crippen LogP contribution in [-0.2, 0) is 20.8 Å². The minimum absolute atomic E-state index is 0.220. The third-order valence-electron chi connectivity index (χ3n) is 4.78. The molecule has 0 bridgehead atoms. The molecule has 0 saturated carbocycles. The monoisotopic (exact) mass is 380 g/mol. The molecule has 1 aliphatic heterocycles. The molecule has 0 radical (unpaired) electrons. The molecule has 2 N–H and O–H groups in total. The van der Waals surface area contributed by atoms with Crippen LogP contribution in [0.2, 0.25) is 0 Å². The van der Waals surface area contributed by atoms with E-state index in [4.69, 9.17) is 8.22 Å². The Balaban J connectivity index is 2.29. The SMILES string of the molecule is [2H]C1(C)Cc2ccccc2[C@H](NC(=O)[C@]([2H])(C)CC(=O)[C@@H](O)C([2H])(C)C([2H])([2H])[2H])C(=O)N1C.